The average molecular weight is 239 g/mol. The number of nitrogens with one attached hydrogen (secondary N) is 1. The van der Waals surface area contributed by atoms with Crippen molar-refractivity contribution in [2.24, 2.45) is 17.8 Å². The van der Waals surface area contributed by atoms with Crippen molar-refractivity contribution in [3.05, 3.63) is 11.6 Å². The summed E-state index contributed by atoms with van der Waals surface area (Å²) in [4.78, 5) is 11.1. The summed E-state index contributed by atoms with van der Waals surface area (Å²) in [6.07, 6.45) is 4.59. The van der Waals surface area contributed by atoms with Gasteiger partial charge in [0.15, 0.2) is 0 Å². The molecule has 0 spiro atoms. The monoisotopic (exact) mass is 239 g/mol. The quantitative estimate of drug-likeness (QED) is 0.725. The van der Waals surface area contributed by atoms with Crippen molar-refractivity contribution in [1.82, 2.24) is 5.32 Å². The van der Waals surface area contributed by atoms with Gasteiger partial charge in [0, 0.05) is 0 Å². The van der Waals surface area contributed by atoms with Crippen LogP contribution in [0.1, 0.15) is 40.5 Å². The van der Waals surface area contributed by atoms with E-state index in [2.05, 4.69) is 25.2 Å². The second-order valence-corrected chi connectivity index (χ2v) is 5.76. The molecule has 0 aromatic heterocycles. The third-order valence-electron chi connectivity index (χ3n) is 3.44. The fraction of sp³-hybridized carbons (Fsp3) is 0.786. The van der Waals surface area contributed by atoms with Gasteiger partial charge in [-0.1, -0.05) is 32.4 Å². The molecule has 3 heteroatoms. The van der Waals surface area contributed by atoms with Gasteiger partial charge in [0.25, 0.3) is 0 Å². The largest absolute Gasteiger partial charge is 0.480 e. The van der Waals surface area contributed by atoms with Crippen LogP contribution in [0.25, 0.3) is 0 Å². The minimum Gasteiger partial charge on any atom is -0.480 e. The van der Waals surface area contributed by atoms with Crippen LogP contribution in [0.4, 0.5) is 0 Å². The number of hydrogen-bond donors (Lipinski definition) is 2. The zero-order chi connectivity index (χ0) is 13.0. The first-order valence-electron chi connectivity index (χ1n) is 6.53. The lowest BCUT2D eigenvalue weighted by molar-refractivity contribution is -0.140. The highest BCUT2D eigenvalue weighted by Gasteiger charge is 2.24. The summed E-state index contributed by atoms with van der Waals surface area (Å²) in [6.45, 7) is 9.10. The highest BCUT2D eigenvalue weighted by Crippen LogP contribution is 2.27. The zero-order valence-electron chi connectivity index (χ0n) is 11.4. The van der Waals surface area contributed by atoms with Gasteiger partial charge in [-0.25, -0.2) is 0 Å². The molecule has 0 saturated carbocycles. The molecule has 3 atom stereocenters. The van der Waals surface area contributed by atoms with Crippen LogP contribution in [-0.4, -0.2) is 23.7 Å². The summed E-state index contributed by atoms with van der Waals surface area (Å²) in [5.41, 5.74) is 1.44. The normalized spacial score (nSPS) is 26.8. The molecule has 1 aliphatic rings. The molecule has 0 radical (unpaired) electrons. The molecule has 0 aliphatic heterocycles. The Morgan fingerprint density at radius 3 is 2.71 bits per heavy atom. The molecule has 3 nitrogen and oxygen atoms in total. The molecule has 98 valence electrons. The van der Waals surface area contributed by atoms with E-state index in [1.54, 1.807) is 0 Å². The van der Waals surface area contributed by atoms with Gasteiger partial charge in [-0.3, -0.25) is 4.79 Å². The number of carbonyl (C=O) groups is 1. The zero-order valence-corrected chi connectivity index (χ0v) is 11.4. The standard InChI is InChI=1S/C14H25NO2/c1-9(2)13(14(16)17)15-8-12-6-10(3)5-11(4)7-12/h5,9-10,12-13,15H,6-8H2,1-4H3,(H,16,17). The first-order chi connectivity index (χ1) is 7.90. The highest BCUT2D eigenvalue weighted by atomic mass is 16.4. The second kappa shape index (κ2) is 6.20. The summed E-state index contributed by atoms with van der Waals surface area (Å²) in [5.74, 6) is 0.592. The molecule has 0 amide bonds. The van der Waals surface area contributed by atoms with E-state index >= 15 is 0 Å². The van der Waals surface area contributed by atoms with Gasteiger partial charge >= 0.3 is 5.97 Å². The predicted molar refractivity (Wildman–Crippen MR) is 69.9 cm³/mol. The van der Waals surface area contributed by atoms with Crippen molar-refractivity contribution in [2.45, 2.75) is 46.6 Å². The van der Waals surface area contributed by atoms with Crippen molar-refractivity contribution in [3.8, 4) is 0 Å². The Hall–Kier alpha value is -0.830. The van der Waals surface area contributed by atoms with Crippen LogP contribution in [-0.2, 0) is 4.79 Å². The van der Waals surface area contributed by atoms with E-state index in [4.69, 9.17) is 5.11 Å². The summed E-state index contributed by atoms with van der Waals surface area (Å²) < 4.78 is 0. The first kappa shape index (κ1) is 14.2. The van der Waals surface area contributed by atoms with E-state index in [9.17, 15) is 4.79 Å². The lowest BCUT2D eigenvalue weighted by atomic mass is 9.83. The minimum absolute atomic E-state index is 0.130. The van der Waals surface area contributed by atoms with E-state index in [0.29, 0.717) is 11.8 Å². The Bertz CT molecular complexity index is 297. The van der Waals surface area contributed by atoms with Gasteiger partial charge in [-0.15, -0.1) is 0 Å². The van der Waals surface area contributed by atoms with Gasteiger partial charge in [-0.2, -0.15) is 0 Å². The SMILES string of the molecule is CC1=CC(C)CC(CNC(C(=O)O)C(C)C)C1. The number of carboxylic acids is 1. The Labute approximate surface area is 104 Å². The summed E-state index contributed by atoms with van der Waals surface area (Å²) in [6, 6.07) is -0.420. The van der Waals surface area contributed by atoms with Crippen molar-refractivity contribution >= 4 is 5.97 Å². The van der Waals surface area contributed by atoms with Crippen LogP contribution in [0.3, 0.4) is 0 Å². The summed E-state index contributed by atoms with van der Waals surface area (Å²) >= 11 is 0. The Morgan fingerprint density at radius 2 is 2.24 bits per heavy atom. The molecule has 0 bridgehead atoms. The van der Waals surface area contributed by atoms with E-state index in [0.717, 1.165) is 19.4 Å². The molecule has 0 aromatic carbocycles. The maximum atomic E-state index is 11.1. The Morgan fingerprint density at radius 1 is 1.59 bits per heavy atom. The van der Waals surface area contributed by atoms with Crippen molar-refractivity contribution in [2.75, 3.05) is 6.54 Å². The number of rotatable bonds is 5. The molecule has 0 aromatic rings. The van der Waals surface area contributed by atoms with Crippen molar-refractivity contribution in [3.63, 3.8) is 0 Å². The van der Waals surface area contributed by atoms with E-state index in [1.165, 1.54) is 5.57 Å². The van der Waals surface area contributed by atoms with E-state index < -0.39 is 12.0 Å². The third kappa shape index (κ3) is 4.50. The molecular weight excluding hydrogens is 214 g/mol. The summed E-state index contributed by atoms with van der Waals surface area (Å²) in [7, 11) is 0. The van der Waals surface area contributed by atoms with Gasteiger partial charge in [0.05, 0.1) is 0 Å². The summed E-state index contributed by atoms with van der Waals surface area (Å²) in [5, 5.41) is 12.3. The van der Waals surface area contributed by atoms with E-state index in [1.807, 2.05) is 13.8 Å². The second-order valence-electron chi connectivity index (χ2n) is 5.76. The van der Waals surface area contributed by atoms with Crippen LogP contribution < -0.4 is 5.32 Å². The van der Waals surface area contributed by atoms with Gasteiger partial charge in [0.2, 0.25) is 0 Å². The van der Waals surface area contributed by atoms with Crippen molar-refractivity contribution < 1.29 is 9.90 Å². The average Bonchev–Trinajstić information content (AvgIpc) is 2.14. The Balaban J connectivity index is 2.45. The van der Waals surface area contributed by atoms with Crippen molar-refractivity contribution in [1.29, 1.82) is 0 Å². The lowest BCUT2D eigenvalue weighted by Gasteiger charge is -2.27. The first-order valence-corrected chi connectivity index (χ1v) is 6.53. The molecule has 17 heavy (non-hydrogen) atoms. The van der Waals surface area contributed by atoms with Gasteiger partial charge < -0.3 is 10.4 Å². The molecule has 0 saturated heterocycles. The maximum absolute atomic E-state index is 11.1. The maximum Gasteiger partial charge on any atom is 0.320 e. The van der Waals surface area contributed by atoms with Gasteiger partial charge in [-0.05, 0) is 44.1 Å². The fourth-order valence-corrected chi connectivity index (χ4v) is 2.74. The lowest BCUT2D eigenvalue weighted by Crippen LogP contribution is -2.43. The third-order valence-corrected chi connectivity index (χ3v) is 3.44. The number of aliphatic carboxylic acids is 1. The molecule has 0 heterocycles. The molecular formula is C14H25NO2. The predicted octanol–water partition coefficient (Wildman–Crippen LogP) is 2.68. The topological polar surface area (TPSA) is 49.3 Å². The highest BCUT2D eigenvalue weighted by molar-refractivity contribution is 5.73. The molecule has 1 aliphatic carbocycles. The van der Waals surface area contributed by atoms with Crippen LogP contribution >= 0.6 is 0 Å². The molecule has 0 fully saturated rings. The molecule has 3 unspecified atom stereocenters. The number of hydrogen-bond acceptors (Lipinski definition) is 2. The number of allylic oxidation sites excluding steroid dienone is 2. The van der Waals surface area contributed by atoms with Crippen LogP contribution in [0, 0.1) is 17.8 Å². The number of carboxylic acid groups (broad SMARTS) is 1. The minimum atomic E-state index is -0.740. The van der Waals surface area contributed by atoms with Gasteiger partial charge in [0.1, 0.15) is 6.04 Å². The fourth-order valence-electron chi connectivity index (χ4n) is 2.74. The van der Waals surface area contributed by atoms with E-state index in [-0.39, 0.29) is 5.92 Å². The molecule has 2 N–H and O–H groups in total. The van der Waals surface area contributed by atoms with Crippen LogP contribution in [0.15, 0.2) is 11.6 Å². The smallest absolute Gasteiger partial charge is 0.320 e. The van der Waals surface area contributed by atoms with Crippen LogP contribution in [0.2, 0.25) is 0 Å². The molecule has 1 rings (SSSR count). The Kier molecular flexibility index (Phi) is 5.19. The van der Waals surface area contributed by atoms with Crippen LogP contribution in [0.5, 0.6) is 0 Å².